The summed E-state index contributed by atoms with van der Waals surface area (Å²) in [6.45, 7) is 1.80. The molecular formula is C7H16N2O3. The van der Waals surface area contributed by atoms with Gasteiger partial charge in [-0.15, -0.1) is 0 Å². The number of rotatable bonds is 7. The lowest BCUT2D eigenvalue weighted by Gasteiger charge is -2.02. The maximum Gasteiger partial charge on any atom is 0.139 e. The Labute approximate surface area is 72.1 Å². The van der Waals surface area contributed by atoms with E-state index in [4.69, 9.17) is 20.4 Å². The maximum atomic E-state index is 8.18. The molecule has 72 valence electrons. The first kappa shape index (κ1) is 11.2. The summed E-state index contributed by atoms with van der Waals surface area (Å²) in [6.07, 6.45) is 1.32. The molecule has 0 aliphatic carbocycles. The van der Waals surface area contributed by atoms with Gasteiger partial charge in [-0.3, -0.25) is 0 Å². The van der Waals surface area contributed by atoms with Crippen molar-refractivity contribution in [2.45, 2.75) is 12.8 Å². The highest BCUT2D eigenvalue weighted by molar-refractivity contribution is 5.79. The fourth-order valence-electron chi connectivity index (χ4n) is 0.650. The van der Waals surface area contributed by atoms with Gasteiger partial charge in [0, 0.05) is 20.1 Å². The molecule has 0 aliphatic heterocycles. The lowest BCUT2D eigenvalue weighted by molar-refractivity contribution is 0.0700. The van der Waals surface area contributed by atoms with E-state index in [0.717, 1.165) is 6.42 Å². The Morgan fingerprint density at radius 3 is 2.75 bits per heavy atom. The van der Waals surface area contributed by atoms with Crippen molar-refractivity contribution in [3.63, 3.8) is 0 Å². The minimum absolute atomic E-state index is 0.241. The third kappa shape index (κ3) is 7.30. The van der Waals surface area contributed by atoms with E-state index >= 15 is 0 Å². The van der Waals surface area contributed by atoms with E-state index in [1.165, 1.54) is 0 Å². The molecule has 0 atom stereocenters. The Bertz CT molecular complexity index is 128. The molecule has 0 aromatic heterocycles. The van der Waals surface area contributed by atoms with Crippen molar-refractivity contribution in [1.82, 2.24) is 0 Å². The maximum absolute atomic E-state index is 8.18. The predicted octanol–water partition coefficient (Wildman–Crippen LogP) is 0.176. The van der Waals surface area contributed by atoms with Crippen LogP contribution in [0.4, 0.5) is 0 Å². The molecule has 0 amide bonds. The van der Waals surface area contributed by atoms with Crippen molar-refractivity contribution in [2.24, 2.45) is 10.9 Å². The van der Waals surface area contributed by atoms with Crippen LogP contribution in [0.25, 0.3) is 0 Å². The molecule has 0 heterocycles. The van der Waals surface area contributed by atoms with Gasteiger partial charge in [0.05, 0.1) is 13.2 Å². The monoisotopic (exact) mass is 176 g/mol. The molecule has 0 aliphatic rings. The zero-order valence-electron chi connectivity index (χ0n) is 7.32. The zero-order valence-corrected chi connectivity index (χ0v) is 7.32. The molecule has 0 aromatic carbocycles. The topological polar surface area (TPSA) is 77.1 Å². The SMILES string of the molecule is COCCOCCC/C(N)=N/O. The molecule has 0 bridgehead atoms. The van der Waals surface area contributed by atoms with Crippen molar-refractivity contribution in [1.29, 1.82) is 0 Å². The summed E-state index contributed by atoms with van der Waals surface area (Å²) >= 11 is 0. The van der Waals surface area contributed by atoms with Crippen molar-refractivity contribution in [3.05, 3.63) is 0 Å². The highest BCUT2D eigenvalue weighted by atomic mass is 16.5. The first-order valence-corrected chi connectivity index (χ1v) is 3.84. The van der Waals surface area contributed by atoms with Crippen LogP contribution in [0.1, 0.15) is 12.8 Å². The summed E-state index contributed by atoms with van der Waals surface area (Å²) in [5, 5.41) is 11.0. The summed E-state index contributed by atoms with van der Waals surface area (Å²) in [4.78, 5) is 0. The highest BCUT2D eigenvalue weighted by Crippen LogP contribution is 1.89. The number of ether oxygens (including phenoxy) is 2. The van der Waals surface area contributed by atoms with Gasteiger partial charge in [-0.1, -0.05) is 5.16 Å². The summed E-state index contributed by atoms with van der Waals surface area (Å²) in [7, 11) is 1.62. The predicted molar refractivity (Wildman–Crippen MR) is 45.3 cm³/mol. The summed E-state index contributed by atoms with van der Waals surface area (Å²) in [5.74, 6) is 0.241. The molecule has 3 N–H and O–H groups in total. The number of hydrogen-bond donors (Lipinski definition) is 2. The fourth-order valence-corrected chi connectivity index (χ4v) is 0.650. The van der Waals surface area contributed by atoms with Crippen LogP contribution in [0.2, 0.25) is 0 Å². The van der Waals surface area contributed by atoms with Crippen LogP contribution in [0.3, 0.4) is 0 Å². The van der Waals surface area contributed by atoms with Crippen LogP contribution in [0.15, 0.2) is 5.16 Å². The van der Waals surface area contributed by atoms with Gasteiger partial charge in [0.2, 0.25) is 0 Å². The minimum atomic E-state index is 0.241. The second-order valence-electron chi connectivity index (χ2n) is 2.30. The Hall–Kier alpha value is -0.810. The number of hydrogen-bond acceptors (Lipinski definition) is 4. The Kier molecular flexibility index (Phi) is 7.73. The number of oxime groups is 1. The third-order valence-corrected chi connectivity index (χ3v) is 1.28. The van der Waals surface area contributed by atoms with Gasteiger partial charge in [0.15, 0.2) is 0 Å². The lowest BCUT2D eigenvalue weighted by atomic mass is 10.3. The second-order valence-corrected chi connectivity index (χ2v) is 2.30. The normalized spacial score (nSPS) is 11.9. The van der Waals surface area contributed by atoms with Gasteiger partial charge in [-0.05, 0) is 6.42 Å². The first-order chi connectivity index (χ1) is 5.81. The molecule has 12 heavy (non-hydrogen) atoms. The van der Waals surface area contributed by atoms with Gasteiger partial charge in [-0.2, -0.15) is 0 Å². The molecule has 5 nitrogen and oxygen atoms in total. The standard InChI is InChI=1S/C7H16N2O3/c1-11-5-6-12-4-2-3-7(8)9-10/h10H,2-6H2,1H3,(H2,8,9). The number of nitrogens with two attached hydrogens (primary N) is 1. The minimum Gasteiger partial charge on any atom is -0.409 e. The van der Waals surface area contributed by atoms with Crippen molar-refractivity contribution >= 4 is 5.84 Å². The van der Waals surface area contributed by atoms with E-state index in [1.807, 2.05) is 0 Å². The number of nitrogens with zero attached hydrogens (tertiary/aromatic N) is 1. The van der Waals surface area contributed by atoms with Crippen LogP contribution in [0.5, 0.6) is 0 Å². The molecule has 5 heteroatoms. The van der Waals surface area contributed by atoms with Crippen LogP contribution in [-0.4, -0.2) is 38.0 Å². The number of methoxy groups -OCH3 is 1. The average Bonchev–Trinajstić information content (AvgIpc) is 2.10. The van der Waals surface area contributed by atoms with Gasteiger partial charge in [-0.25, -0.2) is 0 Å². The van der Waals surface area contributed by atoms with Crippen LogP contribution >= 0.6 is 0 Å². The highest BCUT2D eigenvalue weighted by Gasteiger charge is 1.93. The molecule has 0 saturated carbocycles. The molecule has 0 fully saturated rings. The Balaban J connectivity index is 3.00. The molecule has 0 aromatic rings. The van der Waals surface area contributed by atoms with E-state index in [2.05, 4.69) is 5.16 Å². The second kappa shape index (κ2) is 8.29. The summed E-state index contributed by atoms with van der Waals surface area (Å²) in [6, 6.07) is 0. The summed E-state index contributed by atoms with van der Waals surface area (Å²) in [5.41, 5.74) is 5.23. The number of amidine groups is 1. The third-order valence-electron chi connectivity index (χ3n) is 1.28. The van der Waals surface area contributed by atoms with E-state index in [9.17, 15) is 0 Å². The molecule has 0 spiro atoms. The molecule has 0 unspecified atom stereocenters. The van der Waals surface area contributed by atoms with Crippen LogP contribution in [-0.2, 0) is 9.47 Å². The van der Waals surface area contributed by atoms with Crippen molar-refractivity contribution < 1.29 is 14.7 Å². The van der Waals surface area contributed by atoms with E-state index in [1.54, 1.807) is 7.11 Å². The van der Waals surface area contributed by atoms with Crippen LogP contribution in [0, 0.1) is 0 Å². The molecule has 0 radical (unpaired) electrons. The molecular weight excluding hydrogens is 160 g/mol. The fraction of sp³-hybridized carbons (Fsp3) is 0.857. The quantitative estimate of drug-likeness (QED) is 0.191. The smallest absolute Gasteiger partial charge is 0.139 e. The first-order valence-electron chi connectivity index (χ1n) is 3.84. The van der Waals surface area contributed by atoms with Crippen molar-refractivity contribution in [3.8, 4) is 0 Å². The van der Waals surface area contributed by atoms with Gasteiger partial charge >= 0.3 is 0 Å². The van der Waals surface area contributed by atoms with Gasteiger partial charge in [0.25, 0.3) is 0 Å². The zero-order chi connectivity index (χ0) is 9.23. The average molecular weight is 176 g/mol. The van der Waals surface area contributed by atoms with Crippen LogP contribution < -0.4 is 5.73 Å². The lowest BCUT2D eigenvalue weighted by Crippen LogP contribution is -2.12. The van der Waals surface area contributed by atoms with Crippen molar-refractivity contribution in [2.75, 3.05) is 26.9 Å². The molecule has 0 saturated heterocycles. The van der Waals surface area contributed by atoms with E-state index in [0.29, 0.717) is 26.2 Å². The molecule has 0 rings (SSSR count). The van der Waals surface area contributed by atoms with Gasteiger partial charge < -0.3 is 20.4 Å². The Morgan fingerprint density at radius 1 is 1.42 bits per heavy atom. The largest absolute Gasteiger partial charge is 0.409 e. The van der Waals surface area contributed by atoms with E-state index < -0.39 is 0 Å². The Morgan fingerprint density at radius 2 is 2.17 bits per heavy atom. The van der Waals surface area contributed by atoms with E-state index in [-0.39, 0.29) is 5.84 Å². The van der Waals surface area contributed by atoms with Gasteiger partial charge in [0.1, 0.15) is 5.84 Å². The summed E-state index contributed by atoms with van der Waals surface area (Å²) < 4.78 is 9.93.